The van der Waals surface area contributed by atoms with Gasteiger partial charge in [-0.25, -0.2) is 4.79 Å². The molecule has 0 bridgehead atoms. The van der Waals surface area contributed by atoms with Gasteiger partial charge in [0.15, 0.2) is 0 Å². The number of benzene rings is 1. The first-order chi connectivity index (χ1) is 9.76. The molecule has 0 aliphatic rings. The first-order valence-corrected chi connectivity index (χ1v) is 6.89. The smallest absolute Gasteiger partial charge is 0.319 e. The predicted molar refractivity (Wildman–Crippen MR) is 83.3 cm³/mol. The number of amides is 2. The molecule has 0 saturated carbocycles. The van der Waals surface area contributed by atoms with Gasteiger partial charge in [0.05, 0.1) is 5.69 Å². The molecule has 0 unspecified atom stereocenters. The van der Waals surface area contributed by atoms with Gasteiger partial charge in [-0.3, -0.25) is 0 Å². The largest absolute Gasteiger partial charge is 0.361 e. The van der Waals surface area contributed by atoms with E-state index in [1.165, 1.54) is 0 Å². The van der Waals surface area contributed by atoms with Crippen molar-refractivity contribution in [2.75, 3.05) is 5.32 Å². The summed E-state index contributed by atoms with van der Waals surface area (Å²) in [6.45, 7) is 9.61. The monoisotopic (exact) mass is 287 g/mol. The molecule has 0 fully saturated rings. The van der Waals surface area contributed by atoms with E-state index in [0.717, 1.165) is 28.3 Å². The summed E-state index contributed by atoms with van der Waals surface area (Å²) in [5.41, 5.74) is 3.36. The highest BCUT2D eigenvalue weighted by Gasteiger charge is 2.14. The average Bonchev–Trinajstić information content (AvgIpc) is 2.68. The van der Waals surface area contributed by atoms with E-state index in [2.05, 4.69) is 15.8 Å². The van der Waals surface area contributed by atoms with Crippen LogP contribution in [0.4, 0.5) is 10.5 Å². The molecular weight excluding hydrogens is 266 g/mol. The van der Waals surface area contributed by atoms with Crippen LogP contribution in [0.25, 0.3) is 11.1 Å². The van der Waals surface area contributed by atoms with E-state index in [0.29, 0.717) is 0 Å². The highest BCUT2D eigenvalue weighted by molar-refractivity contribution is 5.90. The van der Waals surface area contributed by atoms with Crippen molar-refractivity contribution in [2.24, 2.45) is 0 Å². The summed E-state index contributed by atoms with van der Waals surface area (Å²) in [6.07, 6.45) is 0. The second-order valence-electron chi connectivity index (χ2n) is 6.11. The minimum atomic E-state index is -0.263. The third-order valence-electron chi connectivity index (χ3n) is 2.95. The van der Waals surface area contributed by atoms with Crippen LogP contribution in [0.2, 0.25) is 0 Å². The molecule has 0 atom stereocenters. The lowest BCUT2D eigenvalue weighted by molar-refractivity contribution is 0.244. The summed E-state index contributed by atoms with van der Waals surface area (Å²) in [4.78, 5) is 11.8. The topological polar surface area (TPSA) is 67.2 Å². The number of nitrogens with one attached hydrogen (secondary N) is 2. The van der Waals surface area contributed by atoms with Crippen LogP contribution in [0.15, 0.2) is 28.8 Å². The van der Waals surface area contributed by atoms with Crippen molar-refractivity contribution in [3.63, 3.8) is 0 Å². The van der Waals surface area contributed by atoms with Gasteiger partial charge in [0, 0.05) is 16.8 Å². The molecule has 2 N–H and O–H groups in total. The Kier molecular flexibility index (Phi) is 4.02. The Morgan fingerprint density at radius 1 is 1.14 bits per heavy atom. The van der Waals surface area contributed by atoms with Gasteiger partial charge in [-0.1, -0.05) is 17.3 Å². The standard InChI is InChI=1S/C16H21N3O2/c1-10-14(11(2)21-19-10)12-6-8-13(9-7-12)17-15(20)18-16(3,4)5/h6-9H,1-5H3,(H2,17,18,20). The number of aryl methyl sites for hydroxylation is 2. The molecule has 1 aromatic carbocycles. The highest BCUT2D eigenvalue weighted by Crippen LogP contribution is 2.27. The number of carbonyl (C=O) groups excluding carboxylic acids is 1. The molecule has 1 aromatic heterocycles. The number of rotatable bonds is 2. The number of aromatic nitrogens is 1. The molecule has 0 saturated heterocycles. The molecule has 1 heterocycles. The van der Waals surface area contributed by atoms with E-state index in [1.807, 2.05) is 58.9 Å². The van der Waals surface area contributed by atoms with Crippen LogP contribution >= 0.6 is 0 Å². The lowest BCUT2D eigenvalue weighted by atomic mass is 10.0. The molecule has 21 heavy (non-hydrogen) atoms. The summed E-state index contributed by atoms with van der Waals surface area (Å²) in [7, 11) is 0. The Labute approximate surface area is 124 Å². The van der Waals surface area contributed by atoms with Crippen molar-refractivity contribution in [1.29, 1.82) is 0 Å². The second-order valence-corrected chi connectivity index (χ2v) is 6.11. The minimum Gasteiger partial charge on any atom is -0.361 e. The molecule has 0 radical (unpaired) electrons. The summed E-state index contributed by atoms with van der Waals surface area (Å²) in [5, 5.41) is 9.61. The van der Waals surface area contributed by atoms with E-state index in [-0.39, 0.29) is 11.6 Å². The zero-order valence-electron chi connectivity index (χ0n) is 13.1. The fourth-order valence-electron chi connectivity index (χ4n) is 2.12. The number of nitrogens with zero attached hydrogens (tertiary/aromatic N) is 1. The summed E-state index contributed by atoms with van der Waals surface area (Å²) >= 11 is 0. The predicted octanol–water partition coefficient (Wildman–Crippen LogP) is 3.88. The fraction of sp³-hybridized carbons (Fsp3) is 0.375. The number of carbonyl (C=O) groups is 1. The Hall–Kier alpha value is -2.30. The van der Waals surface area contributed by atoms with Gasteiger partial charge < -0.3 is 15.2 Å². The van der Waals surface area contributed by atoms with Crippen LogP contribution in [-0.4, -0.2) is 16.7 Å². The molecule has 0 aliphatic carbocycles. The van der Waals surface area contributed by atoms with E-state index in [4.69, 9.17) is 4.52 Å². The van der Waals surface area contributed by atoms with Gasteiger partial charge in [0.2, 0.25) is 0 Å². The maximum absolute atomic E-state index is 11.8. The third kappa shape index (κ3) is 3.84. The molecule has 112 valence electrons. The van der Waals surface area contributed by atoms with Crippen LogP contribution < -0.4 is 10.6 Å². The SMILES string of the molecule is Cc1noc(C)c1-c1ccc(NC(=O)NC(C)(C)C)cc1. The Morgan fingerprint density at radius 3 is 2.24 bits per heavy atom. The lowest BCUT2D eigenvalue weighted by Gasteiger charge is -2.20. The normalized spacial score (nSPS) is 11.3. The Bertz CT molecular complexity index is 617. The van der Waals surface area contributed by atoms with Crippen LogP contribution in [0.3, 0.4) is 0 Å². The third-order valence-corrected chi connectivity index (χ3v) is 2.95. The summed E-state index contributed by atoms with van der Waals surface area (Å²) in [5.74, 6) is 0.790. The highest BCUT2D eigenvalue weighted by atomic mass is 16.5. The molecule has 2 aromatic rings. The van der Waals surface area contributed by atoms with Crippen LogP contribution in [-0.2, 0) is 0 Å². The first-order valence-electron chi connectivity index (χ1n) is 6.89. The molecule has 0 aliphatic heterocycles. The van der Waals surface area contributed by atoms with Crippen molar-refractivity contribution in [3.05, 3.63) is 35.7 Å². The van der Waals surface area contributed by atoms with Crippen molar-refractivity contribution in [2.45, 2.75) is 40.2 Å². The zero-order chi connectivity index (χ0) is 15.6. The van der Waals surface area contributed by atoms with Gasteiger partial charge >= 0.3 is 6.03 Å². The molecule has 2 amide bonds. The number of anilines is 1. The van der Waals surface area contributed by atoms with Crippen LogP contribution in [0, 0.1) is 13.8 Å². The van der Waals surface area contributed by atoms with Gasteiger partial charge in [-0.15, -0.1) is 0 Å². The first kappa shape index (κ1) is 15.1. The maximum Gasteiger partial charge on any atom is 0.319 e. The molecule has 5 heteroatoms. The second kappa shape index (κ2) is 5.60. The molecular formula is C16H21N3O2. The van der Waals surface area contributed by atoms with E-state index < -0.39 is 0 Å². The molecule has 2 rings (SSSR count). The zero-order valence-corrected chi connectivity index (χ0v) is 13.1. The van der Waals surface area contributed by atoms with Crippen molar-refractivity contribution >= 4 is 11.7 Å². The number of hydrogen-bond acceptors (Lipinski definition) is 3. The van der Waals surface area contributed by atoms with E-state index in [9.17, 15) is 4.79 Å². The fourth-order valence-corrected chi connectivity index (χ4v) is 2.12. The minimum absolute atomic E-state index is 0.215. The summed E-state index contributed by atoms with van der Waals surface area (Å²) < 4.78 is 5.17. The van der Waals surface area contributed by atoms with Crippen LogP contribution in [0.1, 0.15) is 32.2 Å². The Balaban J connectivity index is 2.11. The quantitative estimate of drug-likeness (QED) is 0.880. The maximum atomic E-state index is 11.8. The summed E-state index contributed by atoms with van der Waals surface area (Å²) in [6, 6.07) is 7.40. The van der Waals surface area contributed by atoms with Gasteiger partial charge in [0.25, 0.3) is 0 Å². The van der Waals surface area contributed by atoms with Gasteiger partial charge in [0.1, 0.15) is 5.76 Å². The van der Waals surface area contributed by atoms with E-state index >= 15 is 0 Å². The Morgan fingerprint density at radius 2 is 1.76 bits per heavy atom. The van der Waals surface area contributed by atoms with Crippen LogP contribution in [0.5, 0.6) is 0 Å². The number of hydrogen-bond donors (Lipinski definition) is 2. The van der Waals surface area contributed by atoms with Gasteiger partial charge in [-0.2, -0.15) is 0 Å². The number of urea groups is 1. The van der Waals surface area contributed by atoms with Gasteiger partial charge in [-0.05, 0) is 52.3 Å². The van der Waals surface area contributed by atoms with E-state index in [1.54, 1.807) is 0 Å². The van der Waals surface area contributed by atoms with Crippen molar-refractivity contribution < 1.29 is 9.32 Å². The van der Waals surface area contributed by atoms with Crippen molar-refractivity contribution in [1.82, 2.24) is 10.5 Å². The lowest BCUT2D eigenvalue weighted by Crippen LogP contribution is -2.43. The average molecular weight is 287 g/mol. The molecule has 0 spiro atoms. The molecule has 5 nitrogen and oxygen atoms in total. The van der Waals surface area contributed by atoms with Crippen molar-refractivity contribution in [3.8, 4) is 11.1 Å².